The smallest absolute Gasteiger partial charge is 0.338 e. The summed E-state index contributed by atoms with van der Waals surface area (Å²) in [6.45, 7) is 0. The number of nitrogens with zero attached hydrogens (tertiary/aromatic N) is 2. The van der Waals surface area contributed by atoms with Crippen LogP contribution < -0.4 is 4.72 Å². The van der Waals surface area contributed by atoms with Gasteiger partial charge in [-0.1, -0.05) is 22.9 Å². The van der Waals surface area contributed by atoms with Crippen molar-refractivity contribution in [2.75, 3.05) is 4.72 Å². The minimum atomic E-state index is -4.36. The van der Waals surface area contributed by atoms with Crippen LogP contribution in [0.4, 0.5) is 9.52 Å². The number of carboxylic acid groups (broad SMARTS) is 1. The summed E-state index contributed by atoms with van der Waals surface area (Å²) in [5.41, 5.74) is 0.435. The molecule has 0 saturated heterocycles. The molecule has 0 bridgehead atoms. The molecule has 1 heterocycles. The van der Waals surface area contributed by atoms with Gasteiger partial charge in [-0.25, -0.2) is 17.6 Å². The number of aromatic carboxylic acids is 1. The number of benzene rings is 1. The number of carboxylic acids is 1. The first-order valence-corrected chi connectivity index (χ1v) is 7.56. The molecular formula is C9H5ClFN3O4S2. The lowest BCUT2D eigenvalue weighted by Crippen LogP contribution is -2.16. The van der Waals surface area contributed by atoms with E-state index in [0.29, 0.717) is 0 Å². The molecule has 2 rings (SSSR count). The maximum absolute atomic E-state index is 13.9. The Morgan fingerprint density at radius 3 is 2.70 bits per heavy atom. The van der Waals surface area contributed by atoms with Crippen LogP contribution in [0.15, 0.2) is 22.5 Å². The molecule has 11 heteroatoms. The fraction of sp³-hybridized carbons (Fsp3) is 0. The fourth-order valence-corrected chi connectivity index (χ4v) is 3.40. The van der Waals surface area contributed by atoms with Crippen molar-refractivity contribution in [3.05, 3.63) is 34.0 Å². The SMILES string of the molecule is O=C(O)c1cc(Cl)cc(S(=O)(=O)Nc2nncs2)c1F. The van der Waals surface area contributed by atoms with E-state index in [1.165, 1.54) is 5.51 Å². The highest BCUT2D eigenvalue weighted by atomic mass is 35.5. The minimum Gasteiger partial charge on any atom is -0.478 e. The number of rotatable bonds is 4. The van der Waals surface area contributed by atoms with E-state index in [1.807, 2.05) is 4.72 Å². The molecular weight excluding hydrogens is 333 g/mol. The Bertz CT molecular complexity index is 764. The number of sulfonamides is 1. The zero-order valence-electron chi connectivity index (χ0n) is 9.37. The second-order valence-electron chi connectivity index (χ2n) is 3.42. The Hall–Kier alpha value is -1.78. The van der Waals surface area contributed by atoms with Gasteiger partial charge in [0.05, 0.1) is 5.56 Å². The quantitative estimate of drug-likeness (QED) is 0.880. The maximum atomic E-state index is 13.9. The van der Waals surface area contributed by atoms with Gasteiger partial charge in [0.2, 0.25) is 5.13 Å². The van der Waals surface area contributed by atoms with E-state index in [1.54, 1.807) is 0 Å². The molecule has 0 spiro atoms. The lowest BCUT2D eigenvalue weighted by Gasteiger charge is -2.08. The van der Waals surface area contributed by atoms with E-state index in [4.69, 9.17) is 16.7 Å². The summed E-state index contributed by atoms with van der Waals surface area (Å²) in [6.07, 6.45) is 0. The summed E-state index contributed by atoms with van der Waals surface area (Å²) in [7, 11) is -4.36. The summed E-state index contributed by atoms with van der Waals surface area (Å²) in [4.78, 5) is 9.96. The standard InChI is InChI=1S/C9H5ClFN3O4S2/c10-4-1-5(8(15)16)7(11)6(2-4)20(17,18)14-9-13-12-3-19-9/h1-3H,(H,13,14)(H,15,16). The van der Waals surface area contributed by atoms with Crippen molar-refractivity contribution in [3.8, 4) is 0 Å². The van der Waals surface area contributed by atoms with Crippen molar-refractivity contribution >= 4 is 44.1 Å². The Kier molecular flexibility index (Phi) is 3.88. The highest BCUT2D eigenvalue weighted by molar-refractivity contribution is 7.93. The lowest BCUT2D eigenvalue weighted by molar-refractivity contribution is 0.0691. The molecule has 106 valence electrons. The zero-order valence-corrected chi connectivity index (χ0v) is 11.8. The molecule has 2 aromatic rings. The number of anilines is 1. The first-order valence-electron chi connectivity index (χ1n) is 4.82. The first kappa shape index (κ1) is 14.6. The predicted molar refractivity (Wildman–Crippen MR) is 69.1 cm³/mol. The molecule has 7 nitrogen and oxygen atoms in total. The van der Waals surface area contributed by atoms with Crippen LogP contribution in [0.1, 0.15) is 10.4 Å². The molecule has 0 saturated carbocycles. The molecule has 20 heavy (non-hydrogen) atoms. The van der Waals surface area contributed by atoms with E-state index in [0.717, 1.165) is 23.5 Å². The van der Waals surface area contributed by atoms with E-state index in [9.17, 15) is 17.6 Å². The van der Waals surface area contributed by atoms with Crippen molar-refractivity contribution in [3.63, 3.8) is 0 Å². The number of nitrogens with one attached hydrogen (secondary N) is 1. The largest absolute Gasteiger partial charge is 0.478 e. The van der Waals surface area contributed by atoms with Crippen LogP contribution in [-0.2, 0) is 10.0 Å². The van der Waals surface area contributed by atoms with Gasteiger partial charge in [0, 0.05) is 5.02 Å². The van der Waals surface area contributed by atoms with Gasteiger partial charge in [-0.05, 0) is 12.1 Å². The van der Waals surface area contributed by atoms with Crippen LogP contribution in [0.2, 0.25) is 5.02 Å². The fourth-order valence-electron chi connectivity index (χ4n) is 1.30. The number of hydrogen-bond donors (Lipinski definition) is 2. The molecule has 0 fully saturated rings. The van der Waals surface area contributed by atoms with Crippen LogP contribution in [-0.4, -0.2) is 29.7 Å². The van der Waals surface area contributed by atoms with Crippen molar-refractivity contribution < 1.29 is 22.7 Å². The molecule has 0 radical (unpaired) electrons. The Labute approximate surface area is 121 Å². The van der Waals surface area contributed by atoms with Gasteiger partial charge in [0.15, 0.2) is 5.82 Å². The summed E-state index contributed by atoms with van der Waals surface area (Å²) < 4.78 is 39.9. The van der Waals surface area contributed by atoms with E-state index in [2.05, 4.69) is 10.2 Å². The molecule has 2 N–H and O–H groups in total. The normalized spacial score (nSPS) is 11.3. The average Bonchev–Trinajstić information content (AvgIpc) is 2.83. The van der Waals surface area contributed by atoms with Gasteiger partial charge in [-0.15, -0.1) is 10.2 Å². The third-order valence-electron chi connectivity index (χ3n) is 2.11. The molecule has 1 aromatic heterocycles. The number of halogens is 2. The van der Waals surface area contributed by atoms with E-state index < -0.39 is 32.3 Å². The van der Waals surface area contributed by atoms with Crippen LogP contribution in [0.5, 0.6) is 0 Å². The van der Waals surface area contributed by atoms with Crippen molar-refractivity contribution in [1.29, 1.82) is 0 Å². The zero-order chi connectivity index (χ0) is 14.9. The highest BCUT2D eigenvalue weighted by Gasteiger charge is 2.26. The van der Waals surface area contributed by atoms with Crippen LogP contribution in [0, 0.1) is 5.82 Å². The topological polar surface area (TPSA) is 109 Å². The third kappa shape index (κ3) is 2.86. The van der Waals surface area contributed by atoms with Gasteiger partial charge in [0.25, 0.3) is 10.0 Å². The minimum absolute atomic E-state index is 0.0822. The predicted octanol–water partition coefficient (Wildman–Crippen LogP) is 1.83. The summed E-state index contributed by atoms with van der Waals surface area (Å²) in [5, 5.41) is 15.4. The van der Waals surface area contributed by atoms with Gasteiger partial charge < -0.3 is 5.11 Å². The number of carbonyl (C=O) groups is 1. The van der Waals surface area contributed by atoms with Crippen molar-refractivity contribution in [2.24, 2.45) is 0 Å². The van der Waals surface area contributed by atoms with Gasteiger partial charge in [-0.3, -0.25) is 4.72 Å². The lowest BCUT2D eigenvalue weighted by atomic mass is 10.2. The van der Waals surface area contributed by atoms with E-state index >= 15 is 0 Å². The molecule has 0 aliphatic carbocycles. The highest BCUT2D eigenvalue weighted by Crippen LogP contribution is 2.26. The van der Waals surface area contributed by atoms with Crippen LogP contribution in [0.3, 0.4) is 0 Å². The van der Waals surface area contributed by atoms with Crippen LogP contribution in [0.25, 0.3) is 0 Å². The molecule has 1 aromatic carbocycles. The second-order valence-corrected chi connectivity index (χ2v) is 6.34. The van der Waals surface area contributed by atoms with Gasteiger partial charge in [0.1, 0.15) is 10.4 Å². The first-order chi connectivity index (χ1) is 9.31. The second kappa shape index (κ2) is 5.31. The molecule has 0 aliphatic heterocycles. The Balaban J connectivity index is 2.54. The number of hydrogen-bond acceptors (Lipinski definition) is 6. The number of aromatic nitrogens is 2. The van der Waals surface area contributed by atoms with Crippen molar-refractivity contribution in [1.82, 2.24) is 10.2 Å². The summed E-state index contributed by atoms with van der Waals surface area (Å²) >= 11 is 6.49. The maximum Gasteiger partial charge on any atom is 0.338 e. The Morgan fingerprint density at radius 1 is 1.45 bits per heavy atom. The van der Waals surface area contributed by atoms with Crippen molar-refractivity contribution in [2.45, 2.75) is 4.90 Å². The summed E-state index contributed by atoms with van der Waals surface area (Å²) in [5.74, 6) is -3.03. The third-order valence-corrected chi connectivity index (χ3v) is 4.40. The van der Waals surface area contributed by atoms with Gasteiger partial charge in [-0.2, -0.15) is 0 Å². The average molecular weight is 338 g/mol. The summed E-state index contributed by atoms with van der Waals surface area (Å²) in [6, 6.07) is 1.63. The molecule has 0 aliphatic rings. The molecule has 0 amide bonds. The van der Waals surface area contributed by atoms with Gasteiger partial charge >= 0.3 is 5.97 Å². The van der Waals surface area contributed by atoms with E-state index in [-0.39, 0.29) is 10.2 Å². The Morgan fingerprint density at radius 2 is 2.15 bits per heavy atom. The molecule has 0 atom stereocenters. The van der Waals surface area contributed by atoms with Crippen LogP contribution >= 0.6 is 22.9 Å². The molecule has 0 unspecified atom stereocenters. The monoisotopic (exact) mass is 337 g/mol.